The first-order valence-corrected chi connectivity index (χ1v) is 14.0. The number of hydrogen-bond acceptors (Lipinski definition) is 6. The molecule has 41 heavy (non-hydrogen) atoms. The van der Waals surface area contributed by atoms with Crippen LogP contribution in [0.4, 0.5) is 4.39 Å². The highest BCUT2D eigenvalue weighted by molar-refractivity contribution is 6.31. The highest BCUT2D eigenvalue weighted by Crippen LogP contribution is 2.38. The summed E-state index contributed by atoms with van der Waals surface area (Å²) in [6, 6.07) is 12.8. The Morgan fingerprint density at radius 3 is 2.76 bits per heavy atom. The maximum Gasteiger partial charge on any atom is 0.354 e. The summed E-state index contributed by atoms with van der Waals surface area (Å²) in [6.45, 7) is 3.88. The first-order valence-electron chi connectivity index (χ1n) is 13.6. The van der Waals surface area contributed by atoms with Crippen LogP contribution in [0.3, 0.4) is 0 Å². The van der Waals surface area contributed by atoms with Gasteiger partial charge in [-0.05, 0) is 74.2 Å². The number of nitrogens with one attached hydrogen (secondary N) is 4. The number of halogens is 2. The minimum atomic E-state index is -0.556. The molecule has 0 aliphatic carbocycles. The van der Waals surface area contributed by atoms with Crippen LogP contribution in [-0.4, -0.2) is 46.2 Å². The number of benzene rings is 2. The van der Waals surface area contributed by atoms with Crippen molar-refractivity contribution in [1.82, 2.24) is 25.2 Å². The number of aromatic amines is 1. The van der Waals surface area contributed by atoms with Gasteiger partial charge < -0.3 is 31.8 Å². The summed E-state index contributed by atoms with van der Waals surface area (Å²) in [7, 11) is 0. The van der Waals surface area contributed by atoms with Crippen LogP contribution in [0.2, 0.25) is 5.02 Å². The summed E-state index contributed by atoms with van der Waals surface area (Å²) in [6.07, 6.45) is 3.91. The third-order valence-corrected chi connectivity index (χ3v) is 7.66. The van der Waals surface area contributed by atoms with Gasteiger partial charge >= 0.3 is 5.69 Å². The minimum Gasteiger partial charge on any atom is -0.370 e. The van der Waals surface area contributed by atoms with Crippen molar-refractivity contribution in [3.05, 3.63) is 81.1 Å². The van der Waals surface area contributed by atoms with E-state index < -0.39 is 11.5 Å². The monoisotopic (exact) mass is 580 g/mol. The Morgan fingerprint density at radius 1 is 1.27 bits per heavy atom. The molecule has 0 radical (unpaired) electrons. The Labute approximate surface area is 241 Å². The van der Waals surface area contributed by atoms with Gasteiger partial charge in [0.2, 0.25) is 0 Å². The fourth-order valence-corrected chi connectivity index (χ4v) is 5.34. The van der Waals surface area contributed by atoms with Gasteiger partial charge in [0, 0.05) is 36.3 Å². The zero-order valence-corrected chi connectivity index (χ0v) is 23.5. The summed E-state index contributed by atoms with van der Waals surface area (Å²) in [5.74, 6) is -0.590. The zero-order chi connectivity index (χ0) is 29.1. The first kappa shape index (κ1) is 28.7. The lowest BCUT2D eigenvalue weighted by Crippen LogP contribution is -2.32. The molecule has 0 saturated carbocycles. The average molecular weight is 581 g/mol. The van der Waals surface area contributed by atoms with Crippen molar-refractivity contribution < 1.29 is 9.13 Å². The van der Waals surface area contributed by atoms with Crippen molar-refractivity contribution in [2.45, 2.75) is 44.4 Å². The fraction of sp³-hybridized carbons (Fsp3) is 0.345. The second kappa shape index (κ2) is 12.4. The van der Waals surface area contributed by atoms with Gasteiger partial charge in [0.15, 0.2) is 11.8 Å². The number of H-pyrrole nitrogens is 1. The minimum absolute atomic E-state index is 0.0000250. The molecule has 3 atom stereocenters. The lowest BCUT2D eigenvalue weighted by Gasteiger charge is -2.15. The van der Waals surface area contributed by atoms with Crippen LogP contribution in [0.5, 0.6) is 0 Å². The summed E-state index contributed by atoms with van der Waals surface area (Å²) < 4.78 is 22.6. The van der Waals surface area contributed by atoms with Gasteiger partial charge in [-0.3, -0.25) is 9.98 Å². The number of hydrogen-bond donors (Lipinski definition) is 6. The number of ether oxygens (including phenoxy) is 1. The van der Waals surface area contributed by atoms with Gasteiger partial charge in [-0.25, -0.2) is 9.18 Å². The Kier molecular flexibility index (Phi) is 8.69. The standard InChI is InChI=1S/C29H34ClFN8O2/c1-16(35-9-2-10-36-28(33)34)17-3-5-20(6-4-17)39-15-19-13-24(37-27(19)38-29(39)40)22-11-18(12-23(30)26(22)31)25-8-7-21(14-32)41-25/h3-6,11-13,15-16,21,25,35H,2,7-10,14,32H2,1H3,(H4,33,34,36)(H,37,38,40)/t16-,21-,25-/m0/s1. The fourth-order valence-electron chi connectivity index (χ4n) is 5.11. The van der Waals surface area contributed by atoms with E-state index in [1.54, 1.807) is 24.4 Å². The largest absolute Gasteiger partial charge is 0.370 e. The third-order valence-electron chi connectivity index (χ3n) is 7.38. The normalized spacial score (nSPS) is 17.7. The van der Waals surface area contributed by atoms with Crippen LogP contribution in [0.1, 0.15) is 49.5 Å². The van der Waals surface area contributed by atoms with Crippen LogP contribution in [0, 0.1) is 11.2 Å². The number of rotatable bonds is 10. The number of nitrogens with two attached hydrogens (primary N) is 2. The van der Waals surface area contributed by atoms with E-state index in [4.69, 9.17) is 33.2 Å². The van der Waals surface area contributed by atoms with E-state index in [0.717, 1.165) is 36.9 Å². The Hall–Kier alpha value is -3.77. The lowest BCUT2D eigenvalue weighted by atomic mass is 10.0. The summed E-state index contributed by atoms with van der Waals surface area (Å²) in [5.41, 5.74) is 14.2. The quantitative estimate of drug-likeness (QED) is 0.0943. The lowest BCUT2D eigenvalue weighted by molar-refractivity contribution is 0.0498. The predicted octanol–water partition coefficient (Wildman–Crippen LogP) is 3.88. The van der Waals surface area contributed by atoms with E-state index in [2.05, 4.69) is 27.5 Å². The van der Waals surface area contributed by atoms with Crippen molar-refractivity contribution in [3.63, 3.8) is 0 Å². The zero-order valence-electron chi connectivity index (χ0n) is 22.7. The van der Waals surface area contributed by atoms with Crippen LogP contribution >= 0.6 is 11.6 Å². The SMILES string of the molecule is C[C@H](NCCCNC(=N)N)c1ccc(-n2cc3cc(-c4cc([C@@H]5CC[C@@H](CN)O5)cc(Cl)c4F)[nH]c3nc2=O)cc1. The Morgan fingerprint density at radius 2 is 2.05 bits per heavy atom. The molecule has 5 rings (SSSR count). The number of fused-ring (bicyclic) bond motifs is 1. The van der Waals surface area contributed by atoms with Crippen LogP contribution in [0.25, 0.3) is 28.0 Å². The van der Waals surface area contributed by atoms with E-state index >= 15 is 4.39 Å². The van der Waals surface area contributed by atoms with Crippen molar-refractivity contribution in [2.24, 2.45) is 11.5 Å². The van der Waals surface area contributed by atoms with Gasteiger partial charge in [-0.1, -0.05) is 23.7 Å². The van der Waals surface area contributed by atoms with Gasteiger partial charge in [0.25, 0.3) is 0 Å². The highest BCUT2D eigenvalue weighted by atomic mass is 35.5. The molecule has 1 aliphatic rings. The van der Waals surface area contributed by atoms with E-state index in [9.17, 15) is 4.79 Å². The molecule has 1 saturated heterocycles. The molecular formula is C29H34ClFN8O2. The Balaban J connectivity index is 1.36. The molecule has 2 aromatic carbocycles. The molecule has 0 bridgehead atoms. The van der Waals surface area contributed by atoms with Crippen molar-refractivity contribution in [3.8, 4) is 16.9 Å². The number of aromatic nitrogens is 3. The van der Waals surface area contributed by atoms with Crippen molar-refractivity contribution in [2.75, 3.05) is 19.6 Å². The molecule has 0 amide bonds. The summed E-state index contributed by atoms with van der Waals surface area (Å²) in [5, 5.41) is 14.1. The maximum absolute atomic E-state index is 15.2. The molecule has 0 spiro atoms. The molecule has 0 unspecified atom stereocenters. The van der Waals surface area contributed by atoms with Gasteiger partial charge in [-0.15, -0.1) is 0 Å². The summed E-state index contributed by atoms with van der Waals surface area (Å²) >= 11 is 6.28. The maximum atomic E-state index is 15.2. The van der Waals surface area contributed by atoms with E-state index in [-0.39, 0.29) is 34.8 Å². The van der Waals surface area contributed by atoms with Crippen molar-refractivity contribution in [1.29, 1.82) is 5.41 Å². The smallest absolute Gasteiger partial charge is 0.354 e. The molecule has 4 aromatic rings. The molecular weight excluding hydrogens is 547 g/mol. The molecule has 12 heteroatoms. The highest BCUT2D eigenvalue weighted by Gasteiger charge is 2.27. The van der Waals surface area contributed by atoms with Crippen LogP contribution in [-0.2, 0) is 4.74 Å². The molecule has 216 valence electrons. The molecule has 1 fully saturated rings. The second-order valence-corrected chi connectivity index (χ2v) is 10.7. The van der Waals surface area contributed by atoms with Gasteiger partial charge in [-0.2, -0.15) is 4.98 Å². The van der Waals surface area contributed by atoms with Crippen LogP contribution in [0.15, 0.2) is 53.5 Å². The van der Waals surface area contributed by atoms with Crippen molar-refractivity contribution >= 4 is 28.6 Å². The van der Waals surface area contributed by atoms with E-state index in [1.807, 2.05) is 24.3 Å². The molecule has 2 aromatic heterocycles. The number of nitrogens with zero attached hydrogens (tertiary/aromatic N) is 2. The Bertz CT molecular complexity index is 1600. The topological polar surface area (TPSA) is 160 Å². The van der Waals surface area contributed by atoms with Gasteiger partial charge in [0.1, 0.15) is 5.65 Å². The predicted molar refractivity (Wildman–Crippen MR) is 159 cm³/mol. The van der Waals surface area contributed by atoms with Gasteiger partial charge in [0.05, 0.1) is 28.6 Å². The third kappa shape index (κ3) is 6.43. The second-order valence-electron chi connectivity index (χ2n) is 10.3. The van der Waals surface area contributed by atoms with E-state index in [1.165, 1.54) is 4.57 Å². The summed E-state index contributed by atoms with van der Waals surface area (Å²) in [4.78, 5) is 20.2. The number of guanidine groups is 1. The molecule has 1 aliphatic heterocycles. The van der Waals surface area contributed by atoms with E-state index in [0.29, 0.717) is 35.5 Å². The molecule has 10 nitrogen and oxygen atoms in total. The molecule has 3 heterocycles. The first-order chi connectivity index (χ1) is 19.7. The average Bonchev–Trinajstić information content (AvgIpc) is 3.60. The molecule has 8 N–H and O–H groups in total. The van der Waals surface area contributed by atoms with Crippen LogP contribution < -0.4 is 27.8 Å².